The molecule has 1 aliphatic rings. The van der Waals surface area contributed by atoms with E-state index in [2.05, 4.69) is 155 Å². The number of fused-ring (bicyclic) bond motifs is 2. The summed E-state index contributed by atoms with van der Waals surface area (Å²) < 4.78 is 12.6. The third-order valence-corrected chi connectivity index (χ3v) is 8.91. The first-order valence-corrected chi connectivity index (χ1v) is 14.4. The molecule has 0 saturated carbocycles. The first-order chi connectivity index (χ1) is 19.8. The summed E-state index contributed by atoms with van der Waals surface area (Å²) in [4.78, 5) is 0. The molecule has 0 amide bonds. The van der Waals surface area contributed by atoms with Crippen molar-refractivity contribution in [1.82, 2.24) is 0 Å². The van der Waals surface area contributed by atoms with Crippen LogP contribution < -0.4 is 5.46 Å². The largest absolute Gasteiger partial charge is 0.494 e. The molecule has 1 heterocycles. The maximum atomic E-state index is 6.32. The summed E-state index contributed by atoms with van der Waals surface area (Å²) in [6, 6.07) is 45.8. The lowest BCUT2D eigenvalue weighted by Gasteiger charge is -2.32. The summed E-state index contributed by atoms with van der Waals surface area (Å²) in [7, 11) is -0.375. The van der Waals surface area contributed by atoms with Crippen molar-refractivity contribution in [2.75, 3.05) is 0 Å². The van der Waals surface area contributed by atoms with Crippen molar-refractivity contribution in [3.8, 4) is 33.4 Å². The second-order valence-corrected chi connectivity index (χ2v) is 12.0. The zero-order chi connectivity index (χ0) is 28.2. The van der Waals surface area contributed by atoms with Crippen molar-refractivity contribution in [2.45, 2.75) is 38.9 Å². The average molecular weight is 532 g/mol. The van der Waals surface area contributed by atoms with Gasteiger partial charge in [0.2, 0.25) is 0 Å². The van der Waals surface area contributed by atoms with E-state index in [1.54, 1.807) is 0 Å². The van der Waals surface area contributed by atoms with Crippen LogP contribution in [-0.4, -0.2) is 18.3 Å². The van der Waals surface area contributed by atoms with Gasteiger partial charge in [0.05, 0.1) is 11.2 Å². The van der Waals surface area contributed by atoms with Gasteiger partial charge in [-0.15, -0.1) is 0 Å². The first-order valence-electron chi connectivity index (χ1n) is 14.4. The number of hydrogen-bond donors (Lipinski definition) is 0. The molecule has 0 atom stereocenters. The van der Waals surface area contributed by atoms with Crippen molar-refractivity contribution >= 4 is 34.1 Å². The maximum absolute atomic E-state index is 6.32. The van der Waals surface area contributed by atoms with Gasteiger partial charge in [-0.2, -0.15) is 0 Å². The second kappa shape index (κ2) is 9.73. The molecular formula is C38H33BO2. The van der Waals surface area contributed by atoms with Crippen molar-refractivity contribution in [3.05, 3.63) is 127 Å². The molecule has 0 unspecified atom stereocenters. The van der Waals surface area contributed by atoms with E-state index >= 15 is 0 Å². The van der Waals surface area contributed by atoms with E-state index in [1.807, 2.05) is 0 Å². The molecule has 0 aromatic heterocycles. The Balaban J connectivity index is 1.32. The fraction of sp³-hybridized carbons (Fsp3) is 0.158. The Kier molecular flexibility index (Phi) is 6.12. The molecule has 0 spiro atoms. The second-order valence-electron chi connectivity index (χ2n) is 12.0. The molecule has 0 bridgehead atoms. The van der Waals surface area contributed by atoms with Crippen molar-refractivity contribution in [2.24, 2.45) is 0 Å². The minimum Gasteiger partial charge on any atom is -0.399 e. The van der Waals surface area contributed by atoms with Gasteiger partial charge in [-0.25, -0.2) is 0 Å². The molecule has 1 saturated heterocycles. The van der Waals surface area contributed by atoms with E-state index in [1.165, 1.54) is 49.4 Å². The van der Waals surface area contributed by atoms with E-state index in [0.29, 0.717) is 0 Å². The minimum absolute atomic E-state index is 0.364. The zero-order valence-corrected chi connectivity index (χ0v) is 24.0. The molecule has 6 aromatic carbocycles. The minimum atomic E-state index is -0.375. The highest BCUT2D eigenvalue weighted by Crippen LogP contribution is 2.44. The summed E-state index contributed by atoms with van der Waals surface area (Å²) in [6.07, 6.45) is 0. The van der Waals surface area contributed by atoms with Gasteiger partial charge in [0.1, 0.15) is 0 Å². The summed E-state index contributed by atoms with van der Waals surface area (Å²) in [5.74, 6) is 0. The smallest absolute Gasteiger partial charge is 0.399 e. The van der Waals surface area contributed by atoms with Crippen LogP contribution in [0.5, 0.6) is 0 Å². The molecule has 41 heavy (non-hydrogen) atoms. The summed E-state index contributed by atoms with van der Waals surface area (Å²) >= 11 is 0. The third kappa shape index (κ3) is 4.37. The highest BCUT2D eigenvalue weighted by atomic mass is 16.7. The van der Waals surface area contributed by atoms with E-state index in [9.17, 15) is 0 Å². The standard InChI is InChI=1S/C38H33BO2/c1-37(2)38(3,4)41-39(40-37)30-16-12-15-29(25-30)26-21-23-28(24-22-26)36-33-19-10-8-17-31(33)35(27-13-6-5-7-14-27)32-18-9-11-20-34(32)36/h5-25H,1-4H3. The Hall–Kier alpha value is -4.18. The number of rotatable bonds is 4. The van der Waals surface area contributed by atoms with Crippen LogP contribution in [0.2, 0.25) is 0 Å². The number of benzene rings is 6. The third-order valence-electron chi connectivity index (χ3n) is 8.91. The van der Waals surface area contributed by atoms with Crippen LogP contribution in [0.3, 0.4) is 0 Å². The predicted octanol–water partition coefficient (Wildman–Crippen LogP) is 9.29. The molecule has 0 N–H and O–H groups in total. The summed E-state index contributed by atoms with van der Waals surface area (Å²) in [5.41, 5.74) is 7.64. The Bertz CT molecular complexity index is 1820. The van der Waals surface area contributed by atoms with Crippen molar-refractivity contribution in [3.63, 3.8) is 0 Å². The topological polar surface area (TPSA) is 18.5 Å². The van der Waals surface area contributed by atoms with Gasteiger partial charge in [-0.3, -0.25) is 0 Å². The van der Waals surface area contributed by atoms with Crippen LogP contribution in [0.4, 0.5) is 0 Å². The normalized spacial score (nSPS) is 16.0. The van der Waals surface area contributed by atoms with Gasteiger partial charge >= 0.3 is 7.12 Å². The predicted molar refractivity (Wildman–Crippen MR) is 173 cm³/mol. The lowest BCUT2D eigenvalue weighted by molar-refractivity contribution is 0.00578. The molecule has 0 radical (unpaired) electrons. The molecule has 1 fully saturated rings. The van der Waals surface area contributed by atoms with Crippen LogP contribution in [-0.2, 0) is 9.31 Å². The van der Waals surface area contributed by atoms with Gasteiger partial charge < -0.3 is 9.31 Å². The highest BCUT2D eigenvalue weighted by molar-refractivity contribution is 6.62. The fourth-order valence-corrected chi connectivity index (χ4v) is 6.03. The van der Waals surface area contributed by atoms with Gasteiger partial charge in [0, 0.05) is 0 Å². The van der Waals surface area contributed by atoms with Crippen LogP contribution in [0, 0.1) is 0 Å². The molecule has 6 aromatic rings. The van der Waals surface area contributed by atoms with Crippen LogP contribution in [0.1, 0.15) is 27.7 Å². The van der Waals surface area contributed by atoms with E-state index in [-0.39, 0.29) is 18.3 Å². The molecule has 7 rings (SSSR count). The molecule has 3 heteroatoms. The van der Waals surface area contributed by atoms with Crippen molar-refractivity contribution in [1.29, 1.82) is 0 Å². The maximum Gasteiger partial charge on any atom is 0.494 e. The first kappa shape index (κ1) is 25.8. The lowest BCUT2D eigenvalue weighted by Crippen LogP contribution is -2.41. The average Bonchev–Trinajstić information content (AvgIpc) is 3.22. The Morgan fingerprint density at radius 2 is 0.829 bits per heavy atom. The molecule has 0 aliphatic carbocycles. The molecule has 1 aliphatic heterocycles. The van der Waals surface area contributed by atoms with Gasteiger partial charge in [0.25, 0.3) is 0 Å². The monoisotopic (exact) mass is 532 g/mol. The lowest BCUT2D eigenvalue weighted by atomic mass is 9.78. The fourth-order valence-electron chi connectivity index (χ4n) is 6.03. The Morgan fingerprint density at radius 3 is 1.34 bits per heavy atom. The van der Waals surface area contributed by atoms with Crippen LogP contribution in [0.15, 0.2) is 127 Å². The van der Waals surface area contributed by atoms with Crippen LogP contribution >= 0.6 is 0 Å². The molecule has 200 valence electrons. The Labute approximate surface area is 242 Å². The molecule has 2 nitrogen and oxygen atoms in total. The van der Waals surface area contributed by atoms with Gasteiger partial charge in [0.15, 0.2) is 0 Å². The van der Waals surface area contributed by atoms with Crippen molar-refractivity contribution < 1.29 is 9.31 Å². The van der Waals surface area contributed by atoms with Gasteiger partial charge in [-0.05, 0) is 88.1 Å². The highest BCUT2D eigenvalue weighted by Gasteiger charge is 2.51. The van der Waals surface area contributed by atoms with E-state index in [0.717, 1.165) is 11.0 Å². The van der Waals surface area contributed by atoms with Crippen LogP contribution in [0.25, 0.3) is 54.9 Å². The summed E-state index contributed by atoms with van der Waals surface area (Å²) in [5, 5.41) is 5.07. The molecular weight excluding hydrogens is 499 g/mol. The summed E-state index contributed by atoms with van der Waals surface area (Å²) in [6.45, 7) is 8.37. The van der Waals surface area contributed by atoms with E-state index < -0.39 is 0 Å². The quantitative estimate of drug-likeness (QED) is 0.166. The SMILES string of the molecule is CC1(C)OB(c2cccc(-c3ccc(-c4c5ccccc5c(-c5ccccc5)c5ccccc45)cc3)c2)OC1(C)C. The Morgan fingerprint density at radius 1 is 0.415 bits per heavy atom. The number of hydrogen-bond acceptors (Lipinski definition) is 2. The van der Waals surface area contributed by atoms with E-state index in [4.69, 9.17) is 9.31 Å². The zero-order valence-electron chi connectivity index (χ0n) is 24.0. The van der Waals surface area contributed by atoms with Gasteiger partial charge in [-0.1, -0.05) is 127 Å².